The molecule has 0 radical (unpaired) electrons. The van der Waals surface area contributed by atoms with E-state index in [0.29, 0.717) is 23.4 Å². The summed E-state index contributed by atoms with van der Waals surface area (Å²) in [4.78, 5) is 24.0. The Hall–Kier alpha value is -2.73. The normalized spacial score (nSPS) is 11.6. The van der Waals surface area contributed by atoms with E-state index in [1.54, 1.807) is 30.3 Å². The Morgan fingerprint density at radius 3 is 2.64 bits per heavy atom. The number of carbonyl (C=O) groups excluding carboxylic acids is 2. The van der Waals surface area contributed by atoms with Crippen LogP contribution in [0.5, 0.6) is 0 Å². The molecule has 2 rings (SSSR count). The fourth-order valence-corrected chi connectivity index (χ4v) is 2.30. The predicted octanol–water partition coefficient (Wildman–Crippen LogP) is 3.03. The second-order valence-electron chi connectivity index (χ2n) is 5.66. The molecule has 2 aromatic carbocycles. The summed E-state index contributed by atoms with van der Waals surface area (Å²) in [6.07, 6.45) is -0.484. The van der Waals surface area contributed by atoms with Crippen LogP contribution in [0, 0.1) is 5.82 Å². The molecular weight excluding hydrogens is 323 g/mol. The van der Waals surface area contributed by atoms with Crippen LogP contribution in [0.2, 0.25) is 0 Å². The smallest absolute Gasteiger partial charge is 0.251 e. The third kappa shape index (κ3) is 5.69. The Labute approximate surface area is 145 Å². The van der Waals surface area contributed by atoms with Gasteiger partial charge >= 0.3 is 0 Å². The highest BCUT2D eigenvalue weighted by molar-refractivity contribution is 5.97. The molecule has 5 nitrogen and oxygen atoms in total. The largest absolute Gasteiger partial charge is 0.388 e. The number of anilines is 1. The molecule has 0 aliphatic heterocycles. The molecule has 0 heterocycles. The van der Waals surface area contributed by atoms with Crippen molar-refractivity contribution in [3.63, 3.8) is 0 Å². The van der Waals surface area contributed by atoms with E-state index in [2.05, 4.69) is 10.6 Å². The number of rotatable bonds is 7. The summed E-state index contributed by atoms with van der Waals surface area (Å²) in [6, 6.07) is 12.0. The highest BCUT2D eigenvalue weighted by atomic mass is 19.1. The summed E-state index contributed by atoms with van der Waals surface area (Å²) < 4.78 is 13.2. The summed E-state index contributed by atoms with van der Waals surface area (Å²) in [5.74, 6) is -1.11. The van der Waals surface area contributed by atoms with Gasteiger partial charge in [-0.1, -0.05) is 25.1 Å². The standard InChI is InChI=1S/C19H21FN2O3/c1-2-9-21-19(25)14-6-4-8-16(11-14)22-18(24)12-17(23)13-5-3-7-15(20)10-13/h3-8,10-11,17,23H,2,9,12H2,1H3,(H,21,25)(H,22,24). The van der Waals surface area contributed by atoms with Crippen molar-refractivity contribution in [2.24, 2.45) is 0 Å². The summed E-state index contributed by atoms with van der Waals surface area (Å²) in [6.45, 7) is 2.54. The summed E-state index contributed by atoms with van der Waals surface area (Å²) in [5.41, 5.74) is 1.24. The highest BCUT2D eigenvalue weighted by Crippen LogP contribution is 2.19. The molecule has 0 saturated heterocycles. The van der Waals surface area contributed by atoms with E-state index in [-0.39, 0.29) is 12.3 Å². The van der Waals surface area contributed by atoms with Crippen molar-refractivity contribution in [2.75, 3.05) is 11.9 Å². The van der Waals surface area contributed by atoms with E-state index in [0.717, 1.165) is 6.42 Å². The van der Waals surface area contributed by atoms with Crippen molar-refractivity contribution in [3.8, 4) is 0 Å². The van der Waals surface area contributed by atoms with Crippen molar-refractivity contribution in [1.29, 1.82) is 0 Å². The monoisotopic (exact) mass is 344 g/mol. The van der Waals surface area contributed by atoms with Gasteiger partial charge in [0.2, 0.25) is 5.91 Å². The van der Waals surface area contributed by atoms with Crippen molar-refractivity contribution in [3.05, 3.63) is 65.5 Å². The first-order chi connectivity index (χ1) is 12.0. The fourth-order valence-electron chi connectivity index (χ4n) is 2.30. The lowest BCUT2D eigenvalue weighted by Crippen LogP contribution is -2.24. The van der Waals surface area contributed by atoms with Crippen molar-refractivity contribution < 1.29 is 19.1 Å². The number of amides is 2. The Morgan fingerprint density at radius 2 is 1.92 bits per heavy atom. The number of halogens is 1. The molecule has 132 valence electrons. The molecule has 1 unspecified atom stereocenters. The van der Waals surface area contributed by atoms with E-state index in [1.165, 1.54) is 18.2 Å². The minimum absolute atomic E-state index is 0.210. The summed E-state index contributed by atoms with van der Waals surface area (Å²) in [5, 5.41) is 15.4. The van der Waals surface area contributed by atoms with Gasteiger partial charge in [-0.15, -0.1) is 0 Å². The van der Waals surface area contributed by atoms with Crippen molar-refractivity contribution >= 4 is 17.5 Å². The Bertz CT molecular complexity index is 749. The topological polar surface area (TPSA) is 78.4 Å². The minimum atomic E-state index is -1.10. The van der Waals surface area contributed by atoms with Crippen LogP contribution in [0.4, 0.5) is 10.1 Å². The van der Waals surface area contributed by atoms with E-state index in [1.807, 2.05) is 6.92 Å². The Balaban J connectivity index is 1.97. The average molecular weight is 344 g/mol. The molecule has 0 aliphatic rings. The molecule has 0 aromatic heterocycles. The lowest BCUT2D eigenvalue weighted by molar-refractivity contribution is -0.118. The van der Waals surface area contributed by atoms with Crippen LogP contribution in [-0.2, 0) is 4.79 Å². The first kappa shape index (κ1) is 18.6. The Kier molecular flexibility index (Phi) is 6.65. The van der Waals surface area contributed by atoms with Gasteiger partial charge in [0.25, 0.3) is 5.91 Å². The lowest BCUT2D eigenvalue weighted by atomic mass is 10.1. The molecule has 0 bridgehead atoms. The zero-order valence-electron chi connectivity index (χ0n) is 14.0. The van der Waals surface area contributed by atoms with Crippen LogP contribution < -0.4 is 10.6 Å². The third-order valence-electron chi connectivity index (χ3n) is 3.56. The Morgan fingerprint density at radius 1 is 1.16 bits per heavy atom. The molecule has 0 saturated carbocycles. The van der Waals surface area contributed by atoms with Crippen LogP contribution in [0.25, 0.3) is 0 Å². The molecule has 25 heavy (non-hydrogen) atoms. The maximum atomic E-state index is 13.2. The minimum Gasteiger partial charge on any atom is -0.388 e. The molecule has 2 aromatic rings. The van der Waals surface area contributed by atoms with Crippen LogP contribution in [0.1, 0.15) is 41.8 Å². The van der Waals surface area contributed by atoms with Gasteiger partial charge in [0.1, 0.15) is 5.82 Å². The molecule has 0 spiro atoms. The van der Waals surface area contributed by atoms with Gasteiger partial charge in [0.05, 0.1) is 12.5 Å². The molecule has 1 atom stereocenters. The summed E-state index contributed by atoms with van der Waals surface area (Å²) in [7, 11) is 0. The SMILES string of the molecule is CCCNC(=O)c1cccc(NC(=O)CC(O)c2cccc(F)c2)c1. The van der Waals surface area contributed by atoms with Gasteiger partial charge in [-0.05, 0) is 42.3 Å². The predicted molar refractivity (Wildman–Crippen MR) is 93.7 cm³/mol. The zero-order chi connectivity index (χ0) is 18.2. The van der Waals surface area contributed by atoms with Crippen LogP contribution in [0.15, 0.2) is 48.5 Å². The second-order valence-corrected chi connectivity index (χ2v) is 5.66. The number of hydrogen-bond donors (Lipinski definition) is 3. The van der Waals surface area contributed by atoms with Crippen LogP contribution in [0.3, 0.4) is 0 Å². The van der Waals surface area contributed by atoms with E-state index < -0.39 is 17.8 Å². The molecular formula is C19H21FN2O3. The quantitative estimate of drug-likeness (QED) is 0.722. The van der Waals surface area contributed by atoms with Gasteiger partial charge < -0.3 is 15.7 Å². The van der Waals surface area contributed by atoms with Gasteiger partial charge in [0, 0.05) is 17.8 Å². The maximum Gasteiger partial charge on any atom is 0.251 e. The number of benzene rings is 2. The average Bonchev–Trinajstić information content (AvgIpc) is 2.59. The van der Waals surface area contributed by atoms with Gasteiger partial charge in [0.15, 0.2) is 0 Å². The molecule has 3 N–H and O–H groups in total. The van der Waals surface area contributed by atoms with E-state index >= 15 is 0 Å². The fraction of sp³-hybridized carbons (Fsp3) is 0.263. The van der Waals surface area contributed by atoms with Crippen molar-refractivity contribution in [2.45, 2.75) is 25.9 Å². The van der Waals surface area contributed by atoms with Crippen LogP contribution >= 0.6 is 0 Å². The van der Waals surface area contributed by atoms with Gasteiger partial charge in [-0.25, -0.2) is 4.39 Å². The molecule has 2 amide bonds. The zero-order valence-corrected chi connectivity index (χ0v) is 14.0. The molecule has 0 fully saturated rings. The number of nitrogens with one attached hydrogen (secondary N) is 2. The first-order valence-corrected chi connectivity index (χ1v) is 8.11. The maximum absolute atomic E-state index is 13.2. The van der Waals surface area contributed by atoms with E-state index in [4.69, 9.17) is 0 Å². The summed E-state index contributed by atoms with van der Waals surface area (Å²) >= 11 is 0. The molecule has 0 aliphatic carbocycles. The van der Waals surface area contributed by atoms with Crippen LogP contribution in [-0.4, -0.2) is 23.5 Å². The third-order valence-corrected chi connectivity index (χ3v) is 3.56. The lowest BCUT2D eigenvalue weighted by Gasteiger charge is -2.12. The second kappa shape index (κ2) is 8.94. The molecule has 6 heteroatoms. The van der Waals surface area contributed by atoms with Gasteiger partial charge in [-0.3, -0.25) is 9.59 Å². The van der Waals surface area contributed by atoms with Gasteiger partial charge in [-0.2, -0.15) is 0 Å². The number of hydrogen-bond acceptors (Lipinski definition) is 3. The number of aliphatic hydroxyl groups is 1. The van der Waals surface area contributed by atoms with E-state index in [9.17, 15) is 19.1 Å². The van der Waals surface area contributed by atoms with Crippen molar-refractivity contribution in [1.82, 2.24) is 5.32 Å². The highest BCUT2D eigenvalue weighted by Gasteiger charge is 2.14. The first-order valence-electron chi connectivity index (χ1n) is 8.11. The number of aliphatic hydroxyl groups excluding tert-OH is 1. The number of carbonyl (C=O) groups is 2.